The van der Waals surface area contributed by atoms with Crippen molar-refractivity contribution in [1.82, 2.24) is 0 Å². The van der Waals surface area contributed by atoms with Crippen molar-refractivity contribution in [3.8, 4) is 0 Å². The summed E-state index contributed by atoms with van der Waals surface area (Å²) in [6.45, 7) is 7.79. The number of hydrogen-bond donors (Lipinski definition) is 3. The Morgan fingerprint density at radius 2 is 2.00 bits per heavy atom. The predicted octanol–water partition coefficient (Wildman–Crippen LogP) is -1.26. The highest BCUT2D eigenvalue weighted by molar-refractivity contribution is 5.90. The zero-order valence-corrected chi connectivity index (χ0v) is 12.0. The van der Waals surface area contributed by atoms with Gasteiger partial charge >= 0.3 is 0 Å². The number of rotatable bonds is 4. The number of nitrogens with one attached hydrogen (secondary N) is 3. The first-order chi connectivity index (χ1) is 9.13. The highest BCUT2D eigenvalue weighted by Gasteiger charge is 2.20. The number of amides is 1. The lowest BCUT2D eigenvalue weighted by Gasteiger charge is -2.27. The summed E-state index contributed by atoms with van der Waals surface area (Å²) < 4.78 is 0. The molecule has 0 unspecified atom stereocenters. The van der Waals surface area contributed by atoms with Crippen molar-refractivity contribution < 1.29 is 14.6 Å². The standard InChI is InChI=1S/C15H23N3O/c1-13-4-3-5-14(12-13)16-15(19)6-7-18-10-8-17(2)9-11-18/h3-5,12H,6-11H2,1-2H3,(H,16,19)/p+2. The third-order valence-electron chi connectivity index (χ3n) is 3.82. The molecule has 1 saturated heterocycles. The Labute approximate surface area is 115 Å². The number of aryl methyl sites for hydroxylation is 1. The average molecular weight is 263 g/mol. The van der Waals surface area contributed by atoms with Gasteiger partial charge < -0.3 is 15.1 Å². The van der Waals surface area contributed by atoms with Crippen LogP contribution < -0.4 is 15.1 Å². The summed E-state index contributed by atoms with van der Waals surface area (Å²) in [6.07, 6.45) is 0.613. The number of hydrogen-bond acceptors (Lipinski definition) is 1. The van der Waals surface area contributed by atoms with Gasteiger partial charge in [0.1, 0.15) is 26.2 Å². The Hall–Kier alpha value is -1.39. The van der Waals surface area contributed by atoms with E-state index in [1.54, 1.807) is 9.80 Å². The van der Waals surface area contributed by atoms with Crippen molar-refractivity contribution in [2.24, 2.45) is 0 Å². The molecule has 0 spiro atoms. The van der Waals surface area contributed by atoms with Gasteiger partial charge in [0.2, 0.25) is 5.91 Å². The molecule has 0 atom stereocenters. The summed E-state index contributed by atoms with van der Waals surface area (Å²) in [5.74, 6) is 0.129. The summed E-state index contributed by atoms with van der Waals surface area (Å²) in [6, 6.07) is 7.95. The predicted molar refractivity (Wildman–Crippen MR) is 76.6 cm³/mol. The zero-order chi connectivity index (χ0) is 13.7. The van der Waals surface area contributed by atoms with Crippen LogP contribution in [0.1, 0.15) is 12.0 Å². The smallest absolute Gasteiger partial charge is 0.230 e. The van der Waals surface area contributed by atoms with E-state index in [0.29, 0.717) is 6.42 Å². The van der Waals surface area contributed by atoms with Crippen LogP contribution in [-0.4, -0.2) is 45.7 Å². The van der Waals surface area contributed by atoms with Crippen molar-refractivity contribution in [3.05, 3.63) is 29.8 Å². The number of anilines is 1. The maximum Gasteiger partial charge on any atom is 0.230 e. The number of carbonyl (C=O) groups excluding carboxylic acids is 1. The Morgan fingerprint density at radius 1 is 1.26 bits per heavy atom. The highest BCUT2D eigenvalue weighted by atomic mass is 16.1. The van der Waals surface area contributed by atoms with Gasteiger partial charge in [-0.2, -0.15) is 0 Å². The van der Waals surface area contributed by atoms with E-state index in [1.807, 2.05) is 31.2 Å². The molecule has 0 aromatic heterocycles. The Kier molecular flexibility index (Phi) is 4.93. The molecule has 104 valence electrons. The van der Waals surface area contributed by atoms with Crippen molar-refractivity contribution >= 4 is 11.6 Å². The van der Waals surface area contributed by atoms with E-state index in [9.17, 15) is 4.79 Å². The first-order valence-electron chi connectivity index (χ1n) is 7.15. The minimum absolute atomic E-state index is 0.129. The molecule has 1 aliphatic heterocycles. The second-order valence-electron chi connectivity index (χ2n) is 5.62. The zero-order valence-electron chi connectivity index (χ0n) is 12.0. The molecule has 1 aliphatic rings. The molecule has 0 aliphatic carbocycles. The fourth-order valence-corrected chi connectivity index (χ4v) is 2.52. The minimum atomic E-state index is 0.129. The number of likely N-dealkylation sites (N-methyl/N-ethyl adjacent to an activating group) is 1. The van der Waals surface area contributed by atoms with Crippen LogP contribution in [0.5, 0.6) is 0 Å². The summed E-state index contributed by atoms with van der Waals surface area (Å²) in [5.41, 5.74) is 2.08. The Bertz CT molecular complexity index is 425. The second-order valence-corrected chi connectivity index (χ2v) is 5.62. The maximum atomic E-state index is 11.9. The number of benzene rings is 1. The summed E-state index contributed by atoms with van der Waals surface area (Å²) in [7, 11) is 2.24. The SMILES string of the molecule is Cc1cccc(NC(=O)CC[NH+]2CC[NH+](C)CC2)c1. The van der Waals surface area contributed by atoms with Crippen LogP contribution in [0, 0.1) is 6.92 Å². The van der Waals surface area contributed by atoms with E-state index in [-0.39, 0.29) is 5.91 Å². The van der Waals surface area contributed by atoms with Crippen LogP contribution in [0.2, 0.25) is 0 Å². The van der Waals surface area contributed by atoms with E-state index in [0.717, 1.165) is 12.2 Å². The summed E-state index contributed by atoms with van der Waals surface area (Å²) in [4.78, 5) is 15.1. The van der Waals surface area contributed by atoms with Crippen LogP contribution in [-0.2, 0) is 4.79 Å². The number of piperazine rings is 1. The van der Waals surface area contributed by atoms with Gasteiger partial charge in [-0.25, -0.2) is 0 Å². The number of carbonyl (C=O) groups is 1. The summed E-state index contributed by atoms with van der Waals surface area (Å²) in [5, 5.41) is 2.97. The topological polar surface area (TPSA) is 38.0 Å². The Morgan fingerprint density at radius 3 is 2.68 bits per heavy atom. The first-order valence-corrected chi connectivity index (χ1v) is 7.15. The van der Waals surface area contributed by atoms with Gasteiger partial charge in [-0.05, 0) is 24.6 Å². The van der Waals surface area contributed by atoms with E-state index in [4.69, 9.17) is 0 Å². The molecule has 19 heavy (non-hydrogen) atoms. The van der Waals surface area contributed by atoms with Crippen molar-refractivity contribution in [3.63, 3.8) is 0 Å². The van der Waals surface area contributed by atoms with Crippen LogP contribution in [0.4, 0.5) is 5.69 Å². The van der Waals surface area contributed by atoms with Crippen LogP contribution in [0.3, 0.4) is 0 Å². The van der Waals surface area contributed by atoms with E-state index in [2.05, 4.69) is 12.4 Å². The lowest BCUT2D eigenvalue weighted by atomic mass is 10.2. The molecule has 0 radical (unpaired) electrons. The summed E-state index contributed by atoms with van der Waals surface area (Å²) >= 11 is 0. The monoisotopic (exact) mass is 263 g/mol. The third-order valence-corrected chi connectivity index (χ3v) is 3.82. The molecule has 1 fully saturated rings. The molecule has 0 bridgehead atoms. The fourth-order valence-electron chi connectivity index (χ4n) is 2.52. The van der Waals surface area contributed by atoms with Crippen molar-refractivity contribution in [2.75, 3.05) is 45.1 Å². The lowest BCUT2D eigenvalue weighted by Crippen LogP contribution is -3.27. The molecule has 0 saturated carbocycles. The molecule has 2 rings (SSSR count). The molecule has 1 aromatic carbocycles. The highest BCUT2D eigenvalue weighted by Crippen LogP contribution is 2.09. The fraction of sp³-hybridized carbons (Fsp3) is 0.533. The molecule has 1 heterocycles. The van der Waals surface area contributed by atoms with E-state index < -0.39 is 0 Å². The molecule has 4 nitrogen and oxygen atoms in total. The molecule has 3 N–H and O–H groups in total. The van der Waals surface area contributed by atoms with E-state index >= 15 is 0 Å². The van der Waals surface area contributed by atoms with E-state index in [1.165, 1.54) is 31.7 Å². The normalized spacial score (nSPS) is 23.1. The molecule has 1 aromatic rings. The third kappa shape index (κ3) is 4.65. The van der Waals surface area contributed by atoms with Gasteiger partial charge in [-0.1, -0.05) is 12.1 Å². The van der Waals surface area contributed by atoms with Crippen LogP contribution >= 0.6 is 0 Å². The van der Waals surface area contributed by atoms with Gasteiger partial charge in [0.15, 0.2) is 0 Å². The molecular formula is C15H25N3O+2. The second kappa shape index (κ2) is 6.68. The van der Waals surface area contributed by atoms with Crippen LogP contribution in [0.25, 0.3) is 0 Å². The molecule has 4 heteroatoms. The van der Waals surface area contributed by atoms with Gasteiger partial charge in [-0.3, -0.25) is 4.79 Å². The van der Waals surface area contributed by atoms with Gasteiger partial charge in [0.05, 0.1) is 20.0 Å². The average Bonchev–Trinajstić information content (AvgIpc) is 2.38. The molecule has 1 amide bonds. The molecular weight excluding hydrogens is 238 g/mol. The van der Waals surface area contributed by atoms with Crippen molar-refractivity contribution in [1.29, 1.82) is 0 Å². The first kappa shape index (κ1) is 14.0. The lowest BCUT2D eigenvalue weighted by molar-refractivity contribution is -1.00. The van der Waals surface area contributed by atoms with Crippen molar-refractivity contribution in [2.45, 2.75) is 13.3 Å². The minimum Gasteiger partial charge on any atom is -0.328 e. The van der Waals surface area contributed by atoms with Gasteiger partial charge in [0, 0.05) is 5.69 Å². The van der Waals surface area contributed by atoms with Gasteiger partial charge in [-0.15, -0.1) is 0 Å². The largest absolute Gasteiger partial charge is 0.328 e. The van der Waals surface area contributed by atoms with Gasteiger partial charge in [0.25, 0.3) is 0 Å². The quantitative estimate of drug-likeness (QED) is 0.623. The maximum absolute atomic E-state index is 11.9. The van der Waals surface area contributed by atoms with Crippen LogP contribution in [0.15, 0.2) is 24.3 Å². The number of quaternary nitrogens is 2. The Balaban J connectivity index is 1.73.